The van der Waals surface area contributed by atoms with Crippen molar-refractivity contribution in [3.63, 3.8) is 0 Å². The molecule has 0 nitrogen and oxygen atoms in total. The fraction of sp³-hybridized carbons (Fsp3) is 0.200. The van der Waals surface area contributed by atoms with E-state index in [1.165, 1.54) is 12.1 Å². The van der Waals surface area contributed by atoms with E-state index in [4.69, 9.17) is 0 Å². The first-order chi connectivity index (χ1) is 8.88. The van der Waals surface area contributed by atoms with Crippen LogP contribution in [-0.2, 0) is 0 Å². The second-order valence-electron chi connectivity index (χ2n) is 4.53. The van der Waals surface area contributed by atoms with Crippen molar-refractivity contribution in [2.45, 2.75) is 18.7 Å². The van der Waals surface area contributed by atoms with Crippen LogP contribution in [0.3, 0.4) is 0 Å². The molecule has 0 amide bonds. The molecule has 0 aliphatic heterocycles. The molecule has 0 aliphatic rings. The first-order valence-corrected chi connectivity index (χ1v) is 6.66. The van der Waals surface area contributed by atoms with Crippen molar-refractivity contribution in [1.82, 2.24) is 0 Å². The Kier molecular flexibility index (Phi) is 3.99. The largest absolute Gasteiger partial charge is 0.207 e. The topological polar surface area (TPSA) is 0 Å². The lowest BCUT2D eigenvalue weighted by atomic mass is 10.00. The average molecular weight is 329 g/mol. The molecule has 0 heterocycles. The fourth-order valence-corrected chi connectivity index (χ4v) is 2.57. The third-order valence-corrected chi connectivity index (χ3v) is 3.99. The van der Waals surface area contributed by atoms with Gasteiger partial charge in [-0.3, -0.25) is 0 Å². The minimum atomic E-state index is -0.630. The Morgan fingerprint density at radius 2 is 1.21 bits per heavy atom. The van der Waals surface area contributed by atoms with Crippen molar-refractivity contribution in [2.75, 3.05) is 0 Å². The molecule has 0 radical (unpaired) electrons. The molecule has 0 fully saturated rings. The van der Waals surface area contributed by atoms with E-state index in [1.54, 1.807) is 26.0 Å². The monoisotopic (exact) mass is 328 g/mol. The summed E-state index contributed by atoms with van der Waals surface area (Å²) in [5.74, 6) is -1.51. The molecule has 100 valence electrons. The van der Waals surface area contributed by atoms with Crippen LogP contribution in [0, 0.1) is 31.3 Å². The van der Waals surface area contributed by atoms with Crippen molar-refractivity contribution in [1.29, 1.82) is 0 Å². The summed E-state index contributed by atoms with van der Waals surface area (Å²) >= 11 is 3.40. The van der Waals surface area contributed by atoms with Gasteiger partial charge in [0.25, 0.3) is 0 Å². The van der Waals surface area contributed by atoms with Crippen molar-refractivity contribution in [3.05, 3.63) is 70.0 Å². The number of alkyl halides is 1. The first-order valence-electron chi connectivity index (χ1n) is 5.75. The van der Waals surface area contributed by atoms with Gasteiger partial charge in [0.1, 0.15) is 17.5 Å². The van der Waals surface area contributed by atoms with Gasteiger partial charge in [-0.2, -0.15) is 0 Å². The highest BCUT2D eigenvalue weighted by atomic mass is 79.9. The van der Waals surface area contributed by atoms with Gasteiger partial charge in [-0.1, -0.05) is 28.1 Å². The molecule has 0 saturated carbocycles. The molecule has 1 unspecified atom stereocenters. The van der Waals surface area contributed by atoms with Crippen molar-refractivity contribution >= 4 is 15.9 Å². The van der Waals surface area contributed by atoms with Crippen LogP contribution in [0.1, 0.15) is 27.1 Å². The number of aryl methyl sites for hydroxylation is 2. The minimum absolute atomic E-state index is 0.256. The van der Waals surface area contributed by atoms with E-state index >= 15 is 0 Å². The Bertz CT molecular complexity index is 580. The number of rotatable bonds is 2. The van der Waals surface area contributed by atoms with Gasteiger partial charge < -0.3 is 0 Å². The average Bonchev–Trinajstić information content (AvgIpc) is 2.33. The van der Waals surface area contributed by atoms with Gasteiger partial charge in [0.2, 0.25) is 0 Å². The Labute approximate surface area is 118 Å². The van der Waals surface area contributed by atoms with E-state index in [9.17, 15) is 13.2 Å². The molecule has 19 heavy (non-hydrogen) atoms. The molecule has 0 bridgehead atoms. The normalized spacial score (nSPS) is 12.5. The maximum Gasteiger partial charge on any atom is 0.129 e. The van der Waals surface area contributed by atoms with Crippen molar-refractivity contribution in [2.24, 2.45) is 0 Å². The van der Waals surface area contributed by atoms with E-state index in [0.29, 0.717) is 16.7 Å². The van der Waals surface area contributed by atoms with E-state index < -0.39 is 11.6 Å². The smallest absolute Gasteiger partial charge is 0.129 e. The summed E-state index contributed by atoms with van der Waals surface area (Å²) in [5.41, 5.74) is 2.25. The molecule has 0 aromatic heterocycles. The number of hydrogen-bond acceptors (Lipinski definition) is 0. The van der Waals surface area contributed by atoms with Gasteiger partial charge in [0.15, 0.2) is 0 Å². The molecule has 0 N–H and O–H groups in total. The Balaban J connectivity index is 2.46. The van der Waals surface area contributed by atoms with Crippen LogP contribution in [0.2, 0.25) is 0 Å². The molecule has 2 rings (SSSR count). The lowest BCUT2D eigenvalue weighted by molar-refractivity contribution is 0.580. The van der Waals surface area contributed by atoms with Crippen LogP contribution < -0.4 is 0 Å². The molecule has 0 saturated heterocycles. The lowest BCUT2D eigenvalue weighted by Crippen LogP contribution is -1.98. The number of halogens is 4. The summed E-state index contributed by atoms with van der Waals surface area (Å²) in [6.07, 6.45) is 0. The molecule has 0 spiro atoms. The quantitative estimate of drug-likeness (QED) is 0.664. The van der Waals surface area contributed by atoms with Crippen LogP contribution in [0.25, 0.3) is 0 Å². The third kappa shape index (κ3) is 3.00. The molecule has 1 atom stereocenters. The second-order valence-corrected chi connectivity index (χ2v) is 5.45. The zero-order valence-electron chi connectivity index (χ0n) is 10.5. The van der Waals surface area contributed by atoms with Crippen LogP contribution in [0.15, 0.2) is 30.3 Å². The molecule has 4 heteroatoms. The van der Waals surface area contributed by atoms with Crippen molar-refractivity contribution in [3.8, 4) is 0 Å². The molecule has 2 aromatic rings. The maximum atomic E-state index is 13.6. The summed E-state index contributed by atoms with van der Waals surface area (Å²) in [4.78, 5) is -0.379. The molecular formula is C15H12BrF3. The second kappa shape index (κ2) is 5.37. The summed E-state index contributed by atoms with van der Waals surface area (Å²) in [5, 5.41) is 0. The first kappa shape index (κ1) is 14.1. The van der Waals surface area contributed by atoms with Gasteiger partial charge in [-0.25, -0.2) is 13.2 Å². The summed E-state index contributed by atoms with van der Waals surface area (Å²) < 4.78 is 40.0. The lowest BCUT2D eigenvalue weighted by Gasteiger charge is -2.13. The van der Waals surface area contributed by atoms with Gasteiger partial charge in [-0.05, 0) is 48.2 Å². The molecule has 2 aromatic carbocycles. The third-order valence-electron chi connectivity index (χ3n) is 2.93. The van der Waals surface area contributed by atoms with E-state index in [2.05, 4.69) is 15.9 Å². The number of hydrogen-bond donors (Lipinski definition) is 0. The van der Waals surface area contributed by atoms with E-state index in [0.717, 1.165) is 11.6 Å². The van der Waals surface area contributed by atoms with Crippen LogP contribution >= 0.6 is 15.9 Å². The van der Waals surface area contributed by atoms with Crippen LogP contribution in [-0.4, -0.2) is 0 Å². The highest BCUT2D eigenvalue weighted by Gasteiger charge is 2.15. The van der Waals surface area contributed by atoms with Crippen molar-refractivity contribution < 1.29 is 13.2 Å². The molecule has 0 aliphatic carbocycles. The summed E-state index contributed by atoms with van der Waals surface area (Å²) in [6.45, 7) is 3.33. The Morgan fingerprint density at radius 1 is 0.789 bits per heavy atom. The zero-order valence-corrected chi connectivity index (χ0v) is 12.1. The highest BCUT2D eigenvalue weighted by Crippen LogP contribution is 2.33. The Morgan fingerprint density at radius 3 is 1.68 bits per heavy atom. The SMILES string of the molecule is Cc1cc(C(Br)c2cc(F)cc(F)c2)cc(C)c1F. The predicted octanol–water partition coefficient (Wildman–Crippen LogP) is 5.21. The standard InChI is InChI=1S/C15H12BrF3/c1-8-3-10(4-9(2)15(8)19)14(16)11-5-12(17)7-13(18)6-11/h3-7,14H,1-2H3. The zero-order chi connectivity index (χ0) is 14.2. The van der Waals surface area contributed by atoms with Crippen LogP contribution in [0.5, 0.6) is 0 Å². The van der Waals surface area contributed by atoms with E-state index in [1.807, 2.05) is 0 Å². The van der Waals surface area contributed by atoms with E-state index in [-0.39, 0.29) is 10.6 Å². The van der Waals surface area contributed by atoms with Gasteiger partial charge in [-0.15, -0.1) is 0 Å². The molecular weight excluding hydrogens is 317 g/mol. The fourth-order valence-electron chi connectivity index (χ4n) is 2.04. The van der Waals surface area contributed by atoms with Gasteiger partial charge in [0.05, 0.1) is 4.83 Å². The highest BCUT2D eigenvalue weighted by molar-refractivity contribution is 9.09. The van der Waals surface area contributed by atoms with Gasteiger partial charge in [0, 0.05) is 6.07 Å². The Hall–Kier alpha value is -1.29. The minimum Gasteiger partial charge on any atom is -0.207 e. The van der Waals surface area contributed by atoms with Gasteiger partial charge >= 0.3 is 0 Å². The maximum absolute atomic E-state index is 13.6. The summed E-state index contributed by atoms with van der Waals surface area (Å²) in [7, 11) is 0. The van der Waals surface area contributed by atoms with Crippen LogP contribution in [0.4, 0.5) is 13.2 Å². The predicted molar refractivity (Wildman–Crippen MR) is 73.0 cm³/mol. The summed E-state index contributed by atoms with van der Waals surface area (Å²) in [6, 6.07) is 6.69. The number of benzene rings is 2.